The highest BCUT2D eigenvalue weighted by Crippen LogP contribution is 2.30. The Morgan fingerprint density at radius 2 is 1.95 bits per heavy atom. The number of rotatable bonds is 4. The second kappa shape index (κ2) is 6.79. The Kier molecular flexibility index (Phi) is 4.59. The lowest BCUT2D eigenvalue weighted by Crippen LogP contribution is -2.27. The lowest BCUT2D eigenvalue weighted by atomic mass is 10.1. The van der Waals surface area contributed by atoms with Gasteiger partial charge >= 0.3 is 0 Å². The van der Waals surface area contributed by atoms with Crippen LogP contribution in [0.3, 0.4) is 0 Å². The maximum Gasteiger partial charge on any atom is 0.115 e. The third kappa shape index (κ3) is 3.57. The summed E-state index contributed by atoms with van der Waals surface area (Å²) in [4.78, 5) is 10.6. The summed E-state index contributed by atoms with van der Waals surface area (Å²) >= 11 is 1.86. The molecule has 0 radical (unpaired) electrons. The molecule has 112 valence electrons. The summed E-state index contributed by atoms with van der Waals surface area (Å²) < 4.78 is 0. The molecular weight excluding hydrogens is 290 g/mol. The SMILES string of the molecule is Cc1cc(C)cc(N2C=CC=CC2SCc2ccncn2)c1. The van der Waals surface area contributed by atoms with Crippen LogP contribution in [0.15, 0.2) is 61.2 Å². The number of hydrogen-bond acceptors (Lipinski definition) is 4. The van der Waals surface area contributed by atoms with Crippen LogP contribution in [0.4, 0.5) is 5.69 Å². The molecule has 0 amide bonds. The van der Waals surface area contributed by atoms with Gasteiger partial charge in [0.15, 0.2) is 0 Å². The standard InChI is InChI=1S/C18H19N3S/c1-14-9-15(2)11-17(10-14)21-8-4-3-5-18(21)22-12-16-6-7-19-13-20-16/h3-11,13,18H,12H2,1-2H3. The molecule has 3 nitrogen and oxygen atoms in total. The predicted octanol–water partition coefficient (Wildman–Crippen LogP) is 4.24. The van der Waals surface area contributed by atoms with Gasteiger partial charge in [-0.1, -0.05) is 18.2 Å². The lowest BCUT2D eigenvalue weighted by molar-refractivity contribution is 1.00. The van der Waals surface area contributed by atoms with Crippen molar-refractivity contribution in [2.24, 2.45) is 0 Å². The van der Waals surface area contributed by atoms with Gasteiger partial charge in [0.25, 0.3) is 0 Å². The monoisotopic (exact) mass is 309 g/mol. The normalized spacial score (nSPS) is 17.0. The molecule has 1 aromatic carbocycles. The summed E-state index contributed by atoms with van der Waals surface area (Å²) in [6.07, 6.45) is 12.0. The molecule has 2 aromatic rings. The van der Waals surface area contributed by atoms with Gasteiger partial charge in [-0.2, -0.15) is 0 Å². The minimum Gasteiger partial charge on any atom is -0.332 e. The van der Waals surface area contributed by atoms with Gasteiger partial charge in [-0.05, 0) is 49.2 Å². The molecule has 0 saturated heterocycles. The van der Waals surface area contributed by atoms with Crippen molar-refractivity contribution in [3.8, 4) is 0 Å². The molecular formula is C18H19N3S. The molecule has 0 spiro atoms. The first-order valence-corrected chi connectivity index (χ1v) is 8.35. The van der Waals surface area contributed by atoms with E-state index in [-0.39, 0.29) is 5.37 Å². The molecule has 1 unspecified atom stereocenters. The van der Waals surface area contributed by atoms with Gasteiger partial charge < -0.3 is 4.90 Å². The zero-order valence-electron chi connectivity index (χ0n) is 12.8. The Bertz CT molecular complexity index is 674. The number of allylic oxidation sites excluding steroid dienone is 2. The van der Waals surface area contributed by atoms with E-state index < -0.39 is 0 Å². The maximum absolute atomic E-state index is 4.30. The van der Waals surface area contributed by atoms with E-state index in [0.29, 0.717) is 0 Å². The largest absolute Gasteiger partial charge is 0.332 e. The van der Waals surface area contributed by atoms with Gasteiger partial charge in [-0.25, -0.2) is 9.97 Å². The first-order chi connectivity index (χ1) is 10.7. The smallest absolute Gasteiger partial charge is 0.115 e. The summed E-state index contributed by atoms with van der Waals surface area (Å²) in [6.45, 7) is 4.28. The van der Waals surface area contributed by atoms with Gasteiger partial charge in [0.1, 0.15) is 6.33 Å². The minimum atomic E-state index is 0.279. The van der Waals surface area contributed by atoms with Crippen LogP contribution in [0, 0.1) is 13.8 Å². The molecule has 1 aliphatic rings. The summed E-state index contributed by atoms with van der Waals surface area (Å²) in [5.41, 5.74) is 4.87. The fraction of sp³-hybridized carbons (Fsp3) is 0.222. The van der Waals surface area contributed by atoms with Crippen molar-refractivity contribution < 1.29 is 0 Å². The molecule has 0 bridgehead atoms. The summed E-state index contributed by atoms with van der Waals surface area (Å²) in [5, 5.41) is 0.279. The molecule has 0 saturated carbocycles. The minimum absolute atomic E-state index is 0.279. The lowest BCUT2D eigenvalue weighted by Gasteiger charge is -2.30. The number of hydrogen-bond donors (Lipinski definition) is 0. The van der Waals surface area contributed by atoms with E-state index in [0.717, 1.165) is 11.4 Å². The first kappa shape index (κ1) is 14.9. The zero-order valence-corrected chi connectivity index (χ0v) is 13.6. The van der Waals surface area contributed by atoms with Gasteiger partial charge in [0.2, 0.25) is 0 Å². The van der Waals surface area contributed by atoms with Gasteiger partial charge in [-0.3, -0.25) is 0 Å². The van der Waals surface area contributed by atoms with Gasteiger partial charge in [0.05, 0.1) is 11.1 Å². The number of aromatic nitrogens is 2. The maximum atomic E-state index is 4.30. The third-order valence-electron chi connectivity index (χ3n) is 3.46. The Morgan fingerprint density at radius 3 is 2.68 bits per heavy atom. The molecule has 3 rings (SSSR count). The summed E-state index contributed by atoms with van der Waals surface area (Å²) in [7, 11) is 0. The Morgan fingerprint density at radius 1 is 1.14 bits per heavy atom. The molecule has 22 heavy (non-hydrogen) atoms. The van der Waals surface area contributed by atoms with Crippen molar-refractivity contribution in [1.82, 2.24) is 9.97 Å². The zero-order chi connectivity index (χ0) is 15.4. The van der Waals surface area contributed by atoms with Crippen molar-refractivity contribution in [3.63, 3.8) is 0 Å². The van der Waals surface area contributed by atoms with Crippen LogP contribution in [0.5, 0.6) is 0 Å². The number of nitrogens with zero attached hydrogens (tertiary/aromatic N) is 3. The average molecular weight is 309 g/mol. The van der Waals surface area contributed by atoms with Crippen LogP contribution in [-0.2, 0) is 5.75 Å². The Hall–Kier alpha value is -2.07. The third-order valence-corrected chi connectivity index (χ3v) is 4.65. The molecule has 1 atom stereocenters. The molecule has 0 N–H and O–H groups in total. The fourth-order valence-corrected chi connectivity index (χ4v) is 3.59. The van der Waals surface area contributed by atoms with E-state index >= 15 is 0 Å². The van der Waals surface area contributed by atoms with Crippen LogP contribution < -0.4 is 4.90 Å². The topological polar surface area (TPSA) is 29.0 Å². The van der Waals surface area contributed by atoms with Gasteiger partial charge in [-0.15, -0.1) is 11.8 Å². The van der Waals surface area contributed by atoms with Crippen LogP contribution in [0.2, 0.25) is 0 Å². The van der Waals surface area contributed by atoms with Gasteiger partial charge in [0, 0.05) is 23.8 Å². The highest BCUT2D eigenvalue weighted by molar-refractivity contribution is 7.99. The Labute approximate surface area is 135 Å². The van der Waals surface area contributed by atoms with Crippen molar-refractivity contribution >= 4 is 17.4 Å². The quantitative estimate of drug-likeness (QED) is 0.844. The van der Waals surface area contributed by atoms with E-state index in [1.54, 1.807) is 12.5 Å². The fourth-order valence-electron chi connectivity index (χ4n) is 2.52. The van der Waals surface area contributed by atoms with E-state index in [2.05, 4.69) is 71.3 Å². The summed E-state index contributed by atoms with van der Waals surface area (Å²) in [6, 6.07) is 8.63. The van der Waals surface area contributed by atoms with E-state index in [9.17, 15) is 0 Å². The number of aryl methyl sites for hydroxylation is 2. The molecule has 2 heterocycles. The highest BCUT2D eigenvalue weighted by atomic mass is 32.2. The number of benzene rings is 1. The summed E-state index contributed by atoms with van der Waals surface area (Å²) in [5.74, 6) is 0.868. The number of thioether (sulfide) groups is 1. The van der Waals surface area contributed by atoms with Crippen molar-refractivity contribution in [3.05, 3.63) is 78.0 Å². The van der Waals surface area contributed by atoms with Crippen LogP contribution in [-0.4, -0.2) is 15.3 Å². The average Bonchev–Trinajstić information content (AvgIpc) is 2.53. The number of anilines is 1. The van der Waals surface area contributed by atoms with Crippen molar-refractivity contribution in [1.29, 1.82) is 0 Å². The van der Waals surface area contributed by atoms with Crippen LogP contribution in [0.25, 0.3) is 0 Å². The molecule has 1 aliphatic heterocycles. The molecule has 0 aliphatic carbocycles. The molecule has 4 heteroatoms. The predicted molar refractivity (Wildman–Crippen MR) is 93.8 cm³/mol. The van der Waals surface area contributed by atoms with E-state index in [4.69, 9.17) is 0 Å². The van der Waals surface area contributed by atoms with E-state index in [1.807, 2.05) is 17.8 Å². The van der Waals surface area contributed by atoms with Crippen LogP contribution >= 0.6 is 11.8 Å². The molecule has 1 aromatic heterocycles. The second-order valence-corrected chi connectivity index (χ2v) is 6.49. The van der Waals surface area contributed by atoms with Crippen molar-refractivity contribution in [2.45, 2.75) is 25.0 Å². The molecule has 0 fully saturated rings. The highest BCUT2D eigenvalue weighted by Gasteiger charge is 2.17. The van der Waals surface area contributed by atoms with Crippen LogP contribution in [0.1, 0.15) is 16.8 Å². The van der Waals surface area contributed by atoms with E-state index in [1.165, 1.54) is 16.8 Å². The second-order valence-electron chi connectivity index (χ2n) is 5.38. The first-order valence-electron chi connectivity index (χ1n) is 7.30. The van der Waals surface area contributed by atoms with Crippen molar-refractivity contribution in [2.75, 3.05) is 4.90 Å². The Balaban J connectivity index is 1.77.